The molecule has 102 valence electrons. The monoisotopic (exact) mass is 307 g/mol. The molecular formula is C15H11Cl2NO2. The van der Waals surface area contributed by atoms with Crippen molar-refractivity contribution in [2.45, 2.75) is 0 Å². The number of carbonyl (C=O) groups is 1. The standard InChI is InChI=1S/C15H11Cl2NO2/c16-12-8-11(9-13(17)15(12)20)18-14(19)7-6-10-4-2-1-3-5-10/h1-9,20H,(H,18,19)/b7-6+. The molecule has 0 spiro atoms. The zero-order chi connectivity index (χ0) is 14.5. The van der Waals surface area contributed by atoms with Gasteiger partial charge < -0.3 is 10.4 Å². The summed E-state index contributed by atoms with van der Waals surface area (Å²) in [5.74, 6) is -0.516. The fraction of sp³-hybridized carbons (Fsp3) is 0. The van der Waals surface area contributed by atoms with Gasteiger partial charge in [-0.1, -0.05) is 53.5 Å². The first-order valence-electron chi connectivity index (χ1n) is 5.78. The van der Waals surface area contributed by atoms with Crippen LogP contribution in [0.5, 0.6) is 5.75 Å². The number of phenolic OH excluding ortho intramolecular Hbond substituents is 1. The van der Waals surface area contributed by atoms with E-state index in [1.54, 1.807) is 6.08 Å². The molecular weight excluding hydrogens is 297 g/mol. The predicted molar refractivity (Wildman–Crippen MR) is 82.2 cm³/mol. The van der Waals surface area contributed by atoms with Gasteiger partial charge in [0.25, 0.3) is 0 Å². The topological polar surface area (TPSA) is 49.3 Å². The van der Waals surface area contributed by atoms with Crippen molar-refractivity contribution in [3.63, 3.8) is 0 Å². The maximum absolute atomic E-state index is 11.7. The largest absolute Gasteiger partial charge is 0.505 e. The third kappa shape index (κ3) is 3.76. The van der Waals surface area contributed by atoms with Crippen molar-refractivity contribution in [2.75, 3.05) is 5.32 Å². The van der Waals surface area contributed by atoms with E-state index in [4.69, 9.17) is 23.2 Å². The van der Waals surface area contributed by atoms with Gasteiger partial charge in [-0.3, -0.25) is 4.79 Å². The van der Waals surface area contributed by atoms with Crippen molar-refractivity contribution >= 4 is 40.9 Å². The summed E-state index contributed by atoms with van der Waals surface area (Å²) in [6, 6.07) is 12.3. The molecule has 0 aliphatic carbocycles. The van der Waals surface area contributed by atoms with Crippen LogP contribution in [0.2, 0.25) is 10.0 Å². The minimum absolute atomic E-state index is 0.0832. The number of benzene rings is 2. The van der Waals surface area contributed by atoms with Crippen LogP contribution >= 0.6 is 23.2 Å². The summed E-state index contributed by atoms with van der Waals surface area (Å²) in [5, 5.41) is 12.2. The Bertz CT molecular complexity index is 631. The summed E-state index contributed by atoms with van der Waals surface area (Å²) in [7, 11) is 0. The minimum Gasteiger partial charge on any atom is -0.505 e. The summed E-state index contributed by atoms with van der Waals surface area (Å²) in [6.07, 6.45) is 3.10. The van der Waals surface area contributed by atoms with Crippen LogP contribution in [0, 0.1) is 0 Å². The predicted octanol–water partition coefficient (Wildman–Crippen LogP) is 4.35. The number of anilines is 1. The number of phenols is 1. The second kappa shape index (κ2) is 6.46. The number of halogens is 2. The summed E-state index contributed by atoms with van der Waals surface area (Å²) in [6.45, 7) is 0. The third-order valence-electron chi connectivity index (χ3n) is 2.51. The Morgan fingerprint density at radius 1 is 1.10 bits per heavy atom. The molecule has 0 unspecified atom stereocenters. The third-order valence-corrected chi connectivity index (χ3v) is 3.09. The Morgan fingerprint density at radius 3 is 2.30 bits per heavy atom. The van der Waals surface area contributed by atoms with Crippen LogP contribution in [-0.2, 0) is 4.79 Å². The van der Waals surface area contributed by atoms with Crippen LogP contribution in [0.25, 0.3) is 6.08 Å². The molecule has 2 N–H and O–H groups in total. The molecule has 0 saturated heterocycles. The zero-order valence-corrected chi connectivity index (χ0v) is 11.8. The van der Waals surface area contributed by atoms with E-state index < -0.39 is 0 Å². The lowest BCUT2D eigenvalue weighted by Crippen LogP contribution is -2.07. The average molecular weight is 308 g/mol. The molecule has 0 aliphatic rings. The van der Waals surface area contributed by atoms with Crippen molar-refractivity contribution in [1.82, 2.24) is 0 Å². The van der Waals surface area contributed by atoms with Crippen molar-refractivity contribution in [2.24, 2.45) is 0 Å². The Balaban J connectivity index is 2.07. The van der Waals surface area contributed by atoms with Crippen LogP contribution in [0.15, 0.2) is 48.5 Å². The molecule has 0 fully saturated rings. The molecule has 2 aromatic carbocycles. The Morgan fingerprint density at radius 2 is 1.70 bits per heavy atom. The molecule has 0 radical (unpaired) electrons. The summed E-state index contributed by atoms with van der Waals surface area (Å²) in [5.41, 5.74) is 1.34. The van der Waals surface area contributed by atoms with Crippen molar-refractivity contribution < 1.29 is 9.90 Å². The highest BCUT2D eigenvalue weighted by Gasteiger charge is 2.07. The molecule has 20 heavy (non-hydrogen) atoms. The SMILES string of the molecule is O=C(/C=C/c1ccccc1)Nc1cc(Cl)c(O)c(Cl)c1. The van der Waals surface area contributed by atoms with Crippen molar-refractivity contribution in [3.05, 3.63) is 64.1 Å². The van der Waals surface area contributed by atoms with Gasteiger partial charge in [-0.2, -0.15) is 0 Å². The number of amides is 1. The Labute approximate surface area is 126 Å². The van der Waals surface area contributed by atoms with Gasteiger partial charge in [-0.05, 0) is 23.8 Å². The molecule has 1 amide bonds. The molecule has 0 aliphatic heterocycles. The first kappa shape index (κ1) is 14.4. The van der Waals surface area contributed by atoms with Gasteiger partial charge in [0, 0.05) is 11.8 Å². The van der Waals surface area contributed by atoms with Crippen molar-refractivity contribution in [1.29, 1.82) is 0 Å². The normalized spacial score (nSPS) is 10.7. The molecule has 0 bridgehead atoms. The maximum Gasteiger partial charge on any atom is 0.248 e. The van der Waals surface area contributed by atoms with Crippen LogP contribution in [-0.4, -0.2) is 11.0 Å². The van der Waals surface area contributed by atoms with Gasteiger partial charge in [0.15, 0.2) is 5.75 Å². The smallest absolute Gasteiger partial charge is 0.248 e. The van der Waals surface area contributed by atoms with Gasteiger partial charge >= 0.3 is 0 Å². The highest BCUT2D eigenvalue weighted by atomic mass is 35.5. The number of carbonyl (C=O) groups excluding carboxylic acids is 1. The van der Waals surface area contributed by atoms with E-state index >= 15 is 0 Å². The molecule has 0 atom stereocenters. The van der Waals surface area contributed by atoms with Crippen LogP contribution in [0.3, 0.4) is 0 Å². The molecule has 2 aromatic rings. The van der Waals surface area contributed by atoms with E-state index in [0.29, 0.717) is 5.69 Å². The molecule has 3 nitrogen and oxygen atoms in total. The quantitative estimate of drug-likeness (QED) is 0.654. The number of rotatable bonds is 3. The average Bonchev–Trinajstić information content (AvgIpc) is 2.43. The van der Waals surface area contributed by atoms with E-state index in [1.165, 1.54) is 18.2 Å². The van der Waals surface area contributed by atoms with E-state index in [-0.39, 0.29) is 21.7 Å². The van der Waals surface area contributed by atoms with Gasteiger partial charge in [-0.25, -0.2) is 0 Å². The van der Waals surface area contributed by atoms with Gasteiger partial charge in [0.1, 0.15) is 0 Å². The van der Waals surface area contributed by atoms with Crippen LogP contribution in [0.1, 0.15) is 5.56 Å². The highest BCUT2D eigenvalue weighted by Crippen LogP contribution is 2.34. The second-order valence-electron chi connectivity index (χ2n) is 4.02. The lowest BCUT2D eigenvalue weighted by atomic mass is 10.2. The molecule has 2 rings (SSSR count). The highest BCUT2D eigenvalue weighted by molar-refractivity contribution is 6.37. The lowest BCUT2D eigenvalue weighted by molar-refractivity contribution is -0.111. The molecule has 0 saturated carbocycles. The van der Waals surface area contributed by atoms with Gasteiger partial charge in [0.05, 0.1) is 10.0 Å². The number of nitrogens with one attached hydrogen (secondary N) is 1. The van der Waals surface area contributed by atoms with Crippen LogP contribution < -0.4 is 5.32 Å². The lowest BCUT2D eigenvalue weighted by Gasteiger charge is -2.05. The van der Waals surface area contributed by atoms with E-state index in [0.717, 1.165) is 5.56 Å². The first-order chi connectivity index (χ1) is 9.56. The van der Waals surface area contributed by atoms with E-state index in [9.17, 15) is 9.90 Å². The number of hydrogen-bond acceptors (Lipinski definition) is 2. The van der Waals surface area contributed by atoms with E-state index in [1.807, 2.05) is 30.3 Å². The molecule has 5 heteroatoms. The number of aromatic hydroxyl groups is 1. The minimum atomic E-state index is -0.313. The fourth-order valence-corrected chi connectivity index (χ4v) is 2.04. The van der Waals surface area contributed by atoms with Gasteiger partial charge in [0.2, 0.25) is 5.91 Å². The molecule has 0 aromatic heterocycles. The first-order valence-corrected chi connectivity index (χ1v) is 6.54. The summed E-state index contributed by atoms with van der Waals surface area (Å²) >= 11 is 11.5. The summed E-state index contributed by atoms with van der Waals surface area (Å²) < 4.78 is 0. The zero-order valence-electron chi connectivity index (χ0n) is 10.3. The second-order valence-corrected chi connectivity index (χ2v) is 4.84. The number of hydrogen-bond donors (Lipinski definition) is 2. The summed E-state index contributed by atoms with van der Waals surface area (Å²) in [4.78, 5) is 11.7. The fourth-order valence-electron chi connectivity index (χ4n) is 1.56. The maximum atomic E-state index is 11.7. The van der Waals surface area contributed by atoms with Crippen LogP contribution in [0.4, 0.5) is 5.69 Å². The van der Waals surface area contributed by atoms with Crippen molar-refractivity contribution in [3.8, 4) is 5.75 Å². The molecule has 0 heterocycles. The van der Waals surface area contributed by atoms with Gasteiger partial charge in [-0.15, -0.1) is 0 Å². The van der Waals surface area contributed by atoms with E-state index in [2.05, 4.69) is 5.32 Å². The Hall–Kier alpha value is -1.97. The Kier molecular flexibility index (Phi) is 4.66.